The summed E-state index contributed by atoms with van der Waals surface area (Å²) in [4.78, 5) is 2.47. The first-order valence-electron chi connectivity index (χ1n) is 6.05. The van der Waals surface area contributed by atoms with Crippen LogP contribution in [0.4, 0.5) is 0 Å². The van der Waals surface area contributed by atoms with Gasteiger partial charge in [-0.1, -0.05) is 13.8 Å². The van der Waals surface area contributed by atoms with Crippen molar-refractivity contribution >= 4 is 0 Å². The number of hydrogen-bond acceptors (Lipinski definition) is 2. The summed E-state index contributed by atoms with van der Waals surface area (Å²) in [6, 6.07) is 0. The summed E-state index contributed by atoms with van der Waals surface area (Å²) in [6.45, 7) is 7.61. The monoisotopic (exact) mass is 197 g/mol. The average Bonchev–Trinajstić information content (AvgIpc) is 2.88. The van der Waals surface area contributed by atoms with Crippen LogP contribution in [0.25, 0.3) is 0 Å². The molecule has 2 heteroatoms. The number of piperidine rings is 1. The summed E-state index contributed by atoms with van der Waals surface area (Å²) in [7, 11) is 0. The van der Waals surface area contributed by atoms with E-state index in [1.807, 2.05) is 0 Å². The topological polar surface area (TPSA) is 23.5 Å². The Morgan fingerprint density at radius 1 is 1.43 bits per heavy atom. The van der Waals surface area contributed by atoms with Crippen molar-refractivity contribution in [1.82, 2.24) is 4.90 Å². The Kier molecular flexibility index (Phi) is 2.85. The maximum Gasteiger partial charge on any atom is 0.0797 e. The van der Waals surface area contributed by atoms with Gasteiger partial charge in [0, 0.05) is 13.1 Å². The van der Waals surface area contributed by atoms with Crippen molar-refractivity contribution in [3.8, 4) is 0 Å². The molecule has 2 aliphatic rings. The van der Waals surface area contributed by atoms with Crippen molar-refractivity contribution < 1.29 is 5.11 Å². The van der Waals surface area contributed by atoms with Crippen LogP contribution in [0.5, 0.6) is 0 Å². The molecule has 1 aliphatic carbocycles. The number of rotatable bonds is 3. The second-order valence-corrected chi connectivity index (χ2v) is 5.54. The van der Waals surface area contributed by atoms with Crippen LogP contribution < -0.4 is 0 Å². The van der Waals surface area contributed by atoms with E-state index >= 15 is 0 Å². The number of aliphatic hydroxyl groups is 1. The fraction of sp³-hybridized carbons (Fsp3) is 1.00. The van der Waals surface area contributed by atoms with E-state index in [9.17, 15) is 5.11 Å². The maximum absolute atomic E-state index is 10.4. The Morgan fingerprint density at radius 3 is 2.71 bits per heavy atom. The summed E-state index contributed by atoms with van der Waals surface area (Å²) < 4.78 is 0. The molecular formula is C12H23NO. The van der Waals surface area contributed by atoms with Gasteiger partial charge in [-0.05, 0) is 44.1 Å². The van der Waals surface area contributed by atoms with E-state index in [-0.39, 0.29) is 0 Å². The number of hydrogen-bond donors (Lipinski definition) is 1. The quantitative estimate of drug-likeness (QED) is 0.746. The van der Waals surface area contributed by atoms with Crippen molar-refractivity contribution in [2.24, 2.45) is 11.8 Å². The number of β-amino-alcohol motifs (C(OH)–C–C–N with tert-alkyl or cyclic N) is 1. The molecule has 2 nitrogen and oxygen atoms in total. The highest BCUT2D eigenvalue weighted by Gasteiger charge is 2.37. The van der Waals surface area contributed by atoms with Gasteiger partial charge in [0.2, 0.25) is 0 Å². The molecule has 14 heavy (non-hydrogen) atoms. The molecule has 0 spiro atoms. The van der Waals surface area contributed by atoms with Crippen LogP contribution in [0.1, 0.15) is 39.5 Å². The largest absolute Gasteiger partial charge is 0.388 e. The van der Waals surface area contributed by atoms with Crippen molar-refractivity contribution in [2.45, 2.75) is 45.1 Å². The zero-order valence-electron chi connectivity index (χ0n) is 9.50. The molecule has 82 valence electrons. The zero-order valence-corrected chi connectivity index (χ0v) is 9.50. The third-order valence-corrected chi connectivity index (χ3v) is 3.87. The molecule has 1 unspecified atom stereocenters. The van der Waals surface area contributed by atoms with Gasteiger partial charge in [-0.25, -0.2) is 0 Å². The summed E-state index contributed by atoms with van der Waals surface area (Å²) >= 11 is 0. The van der Waals surface area contributed by atoms with E-state index in [0.717, 1.165) is 18.9 Å². The predicted octanol–water partition coefficient (Wildman–Crippen LogP) is 1.88. The van der Waals surface area contributed by atoms with Crippen LogP contribution in [0, 0.1) is 11.8 Å². The van der Waals surface area contributed by atoms with Crippen LogP contribution in [-0.4, -0.2) is 35.2 Å². The third kappa shape index (κ3) is 2.29. The van der Waals surface area contributed by atoms with Gasteiger partial charge in [-0.15, -0.1) is 0 Å². The van der Waals surface area contributed by atoms with Gasteiger partial charge in [0.15, 0.2) is 0 Å². The van der Waals surface area contributed by atoms with Crippen LogP contribution in [-0.2, 0) is 0 Å². The summed E-state index contributed by atoms with van der Waals surface area (Å²) in [5.74, 6) is 1.34. The molecule has 0 amide bonds. The highest BCUT2D eigenvalue weighted by atomic mass is 16.3. The summed E-state index contributed by atoms with van der Waals surface area (Å²) in [5, 5.41) is 10.4. The van der Waals surface area contributed by atoms with E-state index in [4.69, 9.17) is 0 Å². The zero-order chi connectivity index (χ0) is 10.2. The number of likely N-dealkylation sites (tertiary alicyclic amines) is 1. The molecule has 2 fully saturated rings. The van der Waals surface area contributed by atoms with E-state index in [1.54, 1.807) is 0 Å². The summed E-state index contributed by atoms with van der Waals surface area (Å²) in [5.41, 5.74) is -0.410. The molecule has 1 saturated heterocycles. The second-order valence-electron chi connectivity index (χ2n) is 5.54. The van der Waals surface area contributed by atoms with Gasteiger partial charge in [-0.2, -0.15) is 0 Å². The summed E-state index contributed by atoms with van der Waals surface area (Å²) in [6.07, 6.45) is 4.99. The van der Waals surface area contributed by atoms with E-state index in [0.29, 0.717) is 5.92 Å². The molecular weight excluding hydrogens is 174 g/mol. The van der Waals surface area contributed by atoms with Crippen LogP contribution in [0.3, 0.4) is 0 Å². The van der Waals surface area contributed by atoms with Gasteiger partial charge in [0.05, 0.1) is 5.60 Å². The SMILES string of the molecule is CC(C)C1(O)CCCN(CC2CC2)C1. The van der Waals surface area contributed by atoms with Gasteiger partial charge < -0.3 is 10.0 Å². The Labute approximate surface area is 87.3 Å². The lowest BCUT2D eigenvalue weighted by atomic mass is 9.83. The van der Waals surface area contributed by atoms with Gasteiger partial charge in [0.1, 0.15) is 0 Å². The van der Waals surface area contributed by atoms with Crippen LogP contribution >= 0.6 is 0 Å². The fourth-order valence-corrected chi connectivity index (χ4v) is 2.45. The standard InChI is InChI=1S/C12H23NO/c1-10(2)12(14)6-3-7-13(9-12)8-11-4-5-11/h10-11,14H,3-9H2,1-2H3. The molecule has 1 N–H and O–H groups in total. The van der Waals surface area contributed by atoms with Crippen molar-refractivity contribution in [1.29, 1.82) is 0 Å². The van der Waals surface area contributed by atoms with Crippen LogP contribution in [0.2, 0.25) is 0 Å². The lowest BCUT2D eigenvalue weighted by molar-refractivity contribution is -0.0654. The molecule has 0 bridgehead atoms. The molecule has 2 rings (SSSR count). The Balaban J connectivity index is 1.88. The fourth-order valence-electron chi connectivity index (χ4n) is 2.45. The van der Waals surface area contributed by atoms with Gasteiger partial charge in [-0.3, -0.25) is 0 Å². The van der Waals surface area contributed by atoms with Crippen molar-refractivity contribution in [3.63, 3.8) is 0 Å². The Hall–Kier alpha value is -0.0800. The minimum atomic E-state index is -0.410. The lowest BCUT2D eigenvalue weighted by Gasteiger charge is -2.42. The minimum absolute atomic E-state index is 0.393. The molecule has 1 aliphatic heterocycles. The first-order chi connectivity index (χ1) is 6.60. The highest BCUT2D eigenvalue weighted by molar-refractivity contribution is 4.91. The Morgan fingerprint density at radius 2 is 2.14 bits per heavy atom. The Bertz CT molecular complexity index is 200. The van der Waals surface area contributed by atoms with E-state index < -0.39 is 5.60 Å². The maximum atomic E-state index is 10.4. The first kappa shape index (κ1) is 10.4. The van der Waals surface area contributed by atoms with Gasteiger partial charge >= 0.3 is 0 Å². The molecule has 0 aromatic rings. The molecule has 0 aromatic heterocycles. The van der Waals surface area contributed by atoms with Crippen molar-refractivity contribution in [3.05, 3.63) is 0 Å². The lowest BCUT2D eigenvalue weighted by Crippen LogP contribution is -2.51. The average molecular weight is 197 g/mol. The molecule has 1 heterocycles. The smallest absolute Gasteiger partial charge is 0.0797 e. The van der Waals surface area contributed by atoms with Crippen LogP contribution in [0.15, 0.2) is 0 Å². The number of nitrogens with zero attached hydrogens (tertiary/aromatic N) is 1. The first-order valence-corrected chi connectivity index (χ1v) is 6.05. The van der Waals surface area contributed by atoms with E-state index in [2.05, 4.69) is 18.7 Å². The second kappa shape index (κ2) is 3.82. The minimum Gasteiger partial charge on any atom is -0.388 e. The highest BCUT2D eigenvalue weighted by Crippen LogP contribution is 2.33. The van der Waals surface area contributed by atoms with Gasteiger partial charge in [0.25, 0.3) is 0 Å². The third-order valence-electron chi connectivity index (χ3n) is 3.87. The van der Waals surface area contributed by atoms with Crippen molar-refractivity contribution in [2.75, 3.05) is 19.6 Å². The van der Waals surface area contributed by atoms with E-state index in [1.165, 1.54) is 32.4 Å². The molecule has 0 aromatic carbocycles. The molecule has 0 radical (unpaired) electrons. The molecule has 1 saturated carbocycles. The molecule has 1 atom stereocenters. The predicted molar refractivity (Wildman–Crippen MR) is 58.2 cm³/mol. The normalized spacial score (nSPS) is 35.1.